The van der Waals surface area contributed by atoms with Crippen LogP contribution in [0.15, 0.2) is 0 Å². The molecule has 0 aromatic carbocycles. The fourth-order valence-corrected chi connectivity index (χ4v) is 3.43. The monoisotopic (exact) mass is 323 g/mol. The molecule has 1 amide bonds. The van der Waals surface area contributed by atoms with Gasteiger partial charge < -0.3 is 9.64 Å². The zero-order valence-corrected chi connectivity index (χ0v) is 13.4. The summed E-state index contributed by atoms with van der Waals surface area (Å²) in [5.74, 6) is -0.611. The first-order chi connectivity index (χ1) is 9.80. The number of halogens is 1. The second-order valence-electron chi connectivity index (χ2n) is 6.44. The predicted molar refractivity (Wildman–Crippen MR) is 74.3 cm³/mol. The van der Waals surface area contributed by atoms with Gasteiger partial charge in [0.05, 0.1) is 19.4 Å². The van der Waals surface area contributed by atoms with Crippen LogP contribution in [0.5, 0.6) is 0 Å². The van der Waals surface area contributed by atoms with Crippen LogP contribution in [-0.4, -0.2) is 53.3 Å². The molecule has 0 aliphatic carbocycles. The first kappa shape index (κ1) is 16.6. The minimum atomic E-state index is -1.84. The predicted octanol–water partition coefficient (Wildman–Crippen LogP) is 1.82. The molecule has 21 heavy (non-hydrogen) atoms. The van der Waals surface area contributed by atoms with Crippen LogP contribution in [0.2, 0.25) is 0 Å². The van der Waals surface area contributed by atoms with Crippen molar-refractivity contribution in [3.05, 3.63) is 0 Å². The average Bonchev–Trinajstić information content (AvgIpc) is 2.56. The first-order valence-corrected chi connectivity index (χ1v) is 8.06. The Morgan fingerprint density at radius 3 is 2.76 bits per heavy atom. The van der Waals surface area contributed by atoms with E-state index in [1.54, 1.807) is 20.8 Å². The Kier molecular flexibility index (Phi) is 5.21. The van der Waals surface area contributed by atoms with Crippen molar-refractivity contribution in [2.75, 3.05) is 26.4 Å². The number of carbonyl (C=O) groups is 1. The van der Waals surface area contributed by atoms with Crippen LogP contribution < -0.4 is 0 Å². The van der Waals surface area contributed by atoms with Gasteiger partial charge in [-0.2, -0.15) is 4.21 Å². The molecule has 1 unspecified atom stereocenters. The standard InChI is InChI=1S/C13H22FNO5S/c1-13(2,3)19-12(16)15-7-9-4-5-18-21(17)20-11(9)10(6-14)8-15/h9-11H,4-8H2,1-3H3/t9-,10+,11+,21?/m1/s1. The van der Waals surface area contributed by atoms with Crippen molar-refractivity contribution in [3.8, 4) is 0 Å². The van der Waals surface area contributed by atoms with Crippen LogP contribution in [0.3, 0.4) is 0 Å². The van der Waals surface area contributed by atoms with Gasteiger partial charge in [-0.25, -0.2) is 4.79 Å². The van der Waals surface area contributed by atoms with E-state index < -0.39 is 41.8 Å². The Morgan fingerprint density at radius 1 is 1.43 bits per heavy atom. The van der Waals surface area contributed by atoms with Crippen molar-refractivity contribution < 1.29 is 26.5 Å². The van der Waals surface area contributed by atoms with Crippen LogP contribution in [0.1, 0.15) is 27.2 Å². The fraction of sp³-hybridized carbons (Fsp3) is 0.923. The van der Waals surface area contributed by atoms with Crippen LogP contribution in [0.4, 0.5) is 9.18 Å². The van der Waals surface area contributed by atoms with E-state index in [1.165, 1.54) is 4.90 Å². The molecule has 0 aromatic rings. The Morgan fingerprint density at radius 2 is 2.14 bits per heavy atom. The number of hydrogen-bond donors (Lipinski definition) is 0. The Balaban J connectivity index is 2.08. The summed E-state index contributed by atoms with van der Waals surface area (Å²) in [6.07, 6.45) is -0.366. The average molecular weight is 323 g/mol. The maximum Gasteiger partial charge on any atom is 0.410 e. The topological polar surface area (TPSA) is 65.1 Å². The molecule has 2 rings (SSSR count). The molecule has 0 aromatic heterocycles. The number of fused-ring (bicyclic) bond motifs is 1. The summed E-state index contributed by atoms with van der Waals surface area (Å²) >= 11 is -1.84. The number of amides is 1. The second-order valence-corrected chi connectivity index (χ2v) is 7.27. The number of hydrogen-bond acceptors (Lipinski definition) is 5. The highest BCUT2D eigenvalue weighted by molar-refractivity contribution is 7.75. The van der Waals surface area contributed by atoms with E-state index in [-0.39, 0.29) is 19.1 Å². The summed E-state index contributed by atoms with van der Waals surface area (Å²) in [4.78, 5) is 13.7. The van der Waals surface area contributed by atoms with E-state index in [4.69, 9.17) is 13.1 Å². The quantitative estimate of drug-likeness (QED) is 0.736. The third-order valence-corrected chi connectivity index (χ3v) is 4.29. The van der Waals surface area contributed by atoms with E-state index in [2.05, 4.69) is 0 Å². The maximum atomic E-state index is 13.3. The van der Waals surface area contributed by atoms with Gasteiger partial charge in [0.15, 0.2) is 0 Å². The largest absolute Gasteiger partial charge is 0.444 e. The maximum absolute atomic E-state index is 13.3. The first-order valence-electron chi connectivity index (χ1n) is 7.06. The fourth-order valence-electron chi connectivity index (χ4n) is 2.64. The molecule has 8 heteroatoms. The minimum Gasteiger partial charge on any atom is -0.444 e. The number of carbonyl (C=O) groups excluding carboxylic acids is 1. The van der Waals surface area contributed by atoms with Gasteiger partial charge in [-0.3, -0.25) is 12.8 Å². The molecule has 0 radical (unpaired) electrons. The SMILES string of the molecule is CC(C)(C)OC(=O)N1C[C@H]2CCOS(=O)O[C@@H]2[C@@H](CF)C1. The number of ether oxygens (including phenoxy) is 1. The molecule has 4 atom stereocenters. The van der Waals surface area contributed by atoms with E-state index >= 15 is 0 Å². The minimum absolute atomic E-state index is 0.0986. The number of piperidine rings is 1. The zero-order valence-electron chi connectivity index (χ0n) is 12.5. The Labute approximate surface area is 126 Å². The van der Waals surface area contributed by atoms with Gasteiger partial charge in [0.2, 0.25) is 0 Å². The number of likely N-dealkylation sites (tertiary alicyclic amines) is 1. The second kappa shape index (κ2) is 6.58. The lowest BCUT2D eigenvalue weighted by molar-refractivity contribution is -0.0267. The summed E-state index contributed by atoms with van der Waals surface area (Å²) in [7, 11) is 0. The summed E-state index contributed by atoms with van der Waals surface area (Å²) in [5, 5.41) is 0. The van der Waals surface area contributed by atoms with Gasteiger partial charge in [0.1, 0.15) is 5.60 Å². The molecular formula is C13H22FNO5S. The van der Waals surface area contributed by atoms with Crippen molar-refractivity contribution in [2.45, 2.75) is 38.9 Å². The Hall–Kier alpha value is -0.730. The summed E-state index contributed by atoms with van der Waals surface area (Å²) in [6, 6.07) is 0. The smallest absolute Gasteiger partial charge is 0.410 e. The van der Waals surface area contributed by atoms with Gasteiger partial charge in [-0.05, 0) is 27.2 Å². The van der Waals surface area contributed by atoms with E-state index in [0.29, 0.717) is 13.0 Å². The van der Waals surface area contributed by atoms with Crippen LogP contribution in [-0.2, 0) is 24.5 Å². The molecule has 2 aliphatic rings. The molecular weight excluding hydrogens is 301 g/mol. The molecule has 0 bridgehead atoms. The highest BCUT2D eigenvalue weighted by Crippen LogP contribution is 2.31. The van der Waals surface area contributed by atoms with Gasteiger partial charge >= 0.3 is 17.5 Å². The lowest BCUT2D eigenvalue weighted by Gasteiger charge is -2.41. The number of rotatable bonds is 1. The van der Waals surface area contributed by atoms with Crippen molar-refractivity contribution in [1.29, 1.82) is 0 Å². The molecule has 2 heterocycles. The third kappa shape index (κ3) is 4.37. The van der Waals surface area contributed by atoms with Crippen LogP contribution >= 0.6 is 0 Å². The van der Waals surface area contributed by atoms with Crippen molar-refractivity contribution in [2.24, 2.45) is 11.8 Å². The van der Waals surface area contributed by atoms with Crippen LogP contribution in [0, 0.1) is 11.8 Å². The lowest BCUT2D eigenvalue weighted by Crippen LogP contribution is -2.53. The molecule has 6 nitrogen and oxygen atoms in total. The number of alkyl halides is 1. The molecule has 0 N–H and O–H groups in total. The summed E-state index contributed by atoms with van der Waals surface area (Å²) in [5.41, 5.74) is -0.594. The molecule has 0 spiro atoms. The van der Waals surface area contributed by atoms with Crippen LogP contribution in [0.25, 0.3) is 0 Å². The molecule has 2 saturated heterocycles. The van der Waals surface area contributed by atoms with Gasteiger partial charge in [0.25, 0.3) is 0 Å². The zero-order chi connectivity index (χ0) is 15.6. The van der Waals surface area contributed by atoms with Gasteiger partial charge in [-0.15, -0.1) is 0 Å². The normalized spacial score (nSPS) is 34.0. The number of nitrogens with zero attached hydrogens (tertiary/aromatic N) is 1. The van der Waals surface area contributed by atoms with E-state index in [1.807, 2.05) is 0 Å². The third-order valence-electron chi connectivity index (χ3n) is 3.55. The molecule has 2 fully saturated rings. The lowest BCUT2D eigenvalue weighted by atomic mass is 9.85. The van der Waals surface area contributed by atoms with E-state index in [0.717, 1.165) is 0 Å². The summed E-state index contributed by atoms with van der Waals surface area (Å²) in [6.45, 7) is 5.59. The van der Waals surface area contributed by atoms with Crippen molar-refractivity contribution in [3.63, 3.8) is 0 Å². The highest BCUT2D eigenvalue weighted by Gasteiger charge is 2.43. The molecule has 122 valence electrons. The molecule has 0 saturated carbocycles. The molecule has 2 aliphatic heterocycles. The summed E-state index contributed by atoms with van der Waals surface area (Å²) < 4.78 is 40.3. The van der Waals surface area contributed by atoms with Crippen molar-refractivity contribution >= 4 is 17.5 Å². The Bertz CT molecular complexity index is 414. The van der Waals surface area contributed by atoms with Gasteiger partial charge in [0, 0.05) is 24.9 Å². The van der Waals surface area contributed by atoms with E-state index in [9.17, 15) is 13.4 Å². The van der Waals surface area contributed by atoms with Crippen molar-refractivity contribution in [1.82, 2.24) is 4.90 Å². The van der Waals surface area contributed by atoms with Gasteiger partial charge in [-0.1, -0.05) is 0 Å². The highest BCUT2D eigenvalue weighted by atomic mass is 32.2.